The Labute approximate surface area is 102 Å². The summed E-state index contributed by atoms with van der Waals surface area (Å²) in [5, 5.41) is 2.12. The zero-order valence-electron chi connectivity index (χ0n) is 10.8. The first-order valence-electron chi connectivity index (χ1n) is 5.45. The van der Waals surface area contributed by atoms with Crippen LogP contribution in [0.25, 0.3) is 0 Å². The van der Waals surface area contributed by atoms with Crippen molar-refractivity contribution in [3.63, 3.8) is 0 Å². The van der Waals surface area contributed by atoms with Crippen LogP contribution in [0.15, 0.2) is 22.5 Å². The van der Waals surface area contributed by atoms with Gasteiger partial charge in [0.25, 0.3) is 0 Å². The fourth-order valence-corrected chi connectivity index (χ4v) is 2.34. The Morgan fingerprint density at radius 3 is 2.38 bits per heavy atom. The van der Waals surface area contributed by atoms with E-state index in [4.69, 9.17) is 0 Å². The summed E-state index contributed by atoms with van der Waals surface area (Å²) >= 11 is 1.80. The number of hydrogen-bond donors (Lipinski definition) is 0. The van der Waals surface area contributed by atoms with Gasteiger partial charge in [-0.25, -0.2) is 0 Å². The van der Waals surface area contributed by atoms with Crippen molar-refractivity contribution < 1.29 is 0 Å². The van der Waals surface area contributed by atoms with E-state index in [0.29, 0.717) is 5.92 Å². The normalized spacial score (nSPS) is 12.1. The molecule has 1 aromatic heterocycles. The molecule has 0 bridgehead atoms. The third-order valence-corrected chi connectivity index (χ3v) is 3.44. The van der Waals surface area contributed by atoms with Crippen molar-refractivity contribution in [2.75, 3.05) is 34.7 Å². The van der Waals surface area contributed by atoms with Crippen LogP contribution < -0.4 is 0 Å². The van der Waals surface area contributed by atoms with Crippen LogP contribution in [0.1, 0.15) is 17.7 Å². The van der Waals surface area contributed by atoms with Crippen molar-refractivity contribution in [3.05, 3.63) is 22.4 Å². The lowest BCUT2D eigenvalue weighted by molar-refractivity contribution is 0.478. The van der Waals surface area contributed by atoms with E-state index in [-0.39, 0.29) is 0 Å². The van der Waals surface area contributed by atoms with E-state index in [9.17, 15) is 0 Å². The maximum atomic E-state index is 4.65. The second kappa shape index (κ2) is 5.89. The van der Waals surface area contributed by atoms with Crippen molar-refractivity contribution in [2.45, 2.75) is 12.8 Å². The first kappa shape index (κ1) is 13.0. The van der Waals surface area contributed by atoms with E-state index in [1.165, 1.54) is 4.88 Å². The quantitative estimate of drug-likeness (QED) is 0.595. The molecule has 4 heteroatoms. The van der Waals surface area contributed by atoms with Crippen LogP contribution in [0.5, 0.6) is 0 Å². The van der Waals surface area contributed by atoms with Crippen LogP contribution in [0.3, 0.4) is 0 Å². The van der Waals surface area contributed by atoms with Crippen molar-refractivity contribution in [2.24, 2.45) is 4.99 Å². The minimum atomic E-state index is 0.495. The molecule has 16 heavy (non-hydrogen) atoms. The summed E-state index contributed by atoms with van der Waals surface area (Å²) in [4.78, 5) is 10.1. The minimum Gasteiger partial charge on any atom is -0.349 e. The first-order valence-corrected chi connectivity index (χ1v) is 6.32. The molecule has 1 unspecified atom stereocenters. The van der Waals surface area contributed by atoms with Crippen LogP contribution in [0.2, 0.25) is 0 Å². The smallest absolute Gasteiger partial charge is 0.195 e. The van der Waals surface area contributed by atoms with Gasteiger partial charge in [-0.05, 0) is 11.4 Å². The molecular weight excluding hydrogens is 218 g/mol. The van der Waals surface area contributed by atoms with Gasteiger partial charge in [-0.1, -0.05) is 13.0 Å². The highest BCUT2D eigenvalue weighted by Gasteiger charge is 2.08. The maximum Gasteiger partial charge on any atom is 0.195 e. The molecule has 0 aliphatic carbocycles. The molecule has 0 saturated carbocycles. The largest absolute Gasteiger partial charge is 0.349 e. The Morgan fingerprint density at radius 2 is 1.94 bits per heavy atom. The third kappa shape index (κ3) is 3.52. The summed E-state index contributed by atoms with van der Waals surface area (Å²) in [5.74, 6) is 1.51. The molecular formula is C12H21N3S. The molecule has 1 atom stereocenters. The summed E-state index contributed by atoms with van der Waals surface area (Å²) < 4.78 is 0. The highest BCUT2D eigenvalue weighted by molar-refractivity contribution is 7.10. The summed E-state index contributed by atoms with van der Waals surface area (Å²) in [6.07, 6.45) is 0. The molecule has 1 aromatic rings. The molecule has 0 aliphatic heterocycles. The predicted octanol–water partition coefficient (Wildman–Crippen LogP) is 2.33. The molecule has 0 aromatic carbocycles. The van der Waals surface area contributed by atoms with Gasteiger partial charge in [0.2, 0.25) is 0 Å². The van der Waals surface area contributed by atoms with Gasteiger partial charge in [-0.2, -0.15) is 0 Å². The highest BCUT2D eigenvalue weighted by atomic mass is 32.1. The molecule has 90 valence electrons. The molecule has 0 radical (unpaired) electrons. The van der Waals surface area contributed by atoms with Crippen molar-refractivity contribution >= 4 is 17.3 Å². The number of thiophene rings is 1. The number of aliphatic imine (C=N–C) groups is 1. The molecule has 0 aliphatic rings. The highest BCUT2D eigenvalue weighted by Crippen LogP contribution is 2.20. The van der Waals surface area contributed by atoms with E-state index in [2.05, 4.69) is 29.4 Å². The Hall–Kier alpha value is -1.03. The van der Waals surface area contributed by atoms with Crippen molar-refractivity contribution in [3.8, 4) is 0 Å². The number of rotatable bonds is 3. The number of guanidine groups is 1. The second-order valence-electron chi connectivity index (χ2n) is 4.35. The van der Waals surface area contributed by atoms with Gasteiger partial charge in [0, 0.05) is 39.0 Å². The van der Waals surface area contributed by atoms with E-state index >= 15 is 0 Å². The fraction of sp³-hybridized carbons (Fsp3) is 0.583. The average molecular weight is 239 g/mol. The SMILES string of the molecule is CC(CN=C(N(C)C)N(C)C)c1cccs1. The van der Waals surface area contributed by atoms with Crippen LogP contribution >= 0.6 is 11.3 Å². The first-order chi connectivity index (χ1) is 7.52. The van der Waals surface area contributed by atoms with E-state index in [1.54, 1.807) is 11.3 Å². The minimum absolute atomic E-state index is 0.495. The van der Waals surface area contributed by atoms with Crippen LogP contribution in [0.4, 0.5) is 0 Å². The number of hydrogen-bond acceptors (Lipinski definition) is 2. The van der Waals surface area contributed by atoms with Gasteiger partial charge in [0.1, 0.15) is 0 Å². The summed E-state index contributed by atoms with van der Waals surface area (Å²) in [5.41, 5.74) is 0. The summed E-state index contributed by atoms with van der Waals surface area (Å²) in [6.45, 7) is 3.06. The molecule has 1 rings (SSSR count). The topological polar surface area (TPSA) is 18.8 Å². The predicted molar refractivity (Wildman–Crippen MR) is 72.4 cm³/mol. The zero-order valence-corrected chi connectivity index (χ0v) is 11.6. The lowest BCUT2D eigenvalue weighted by Gasteiger charge is -2.23. The molecule has 1 heterocycles. The molecule has 3 nitrogen and oxygen atoms in total. The van der Waals surface area contributed by atoms with E-state index < -0.39 is 0 Å². The standard InChI is InChI=1S/C12H21N3S/c1-10(11-7-6-8-16-11)9-13-12(14(2)3)15(4)5/h6-8,10H,9H2,1-5H3. The van der Waals surface area contributed by atoms with Crippen LogP contribution in [-0.2, 0) is 0 Å². The van der Waals surface area contributed by atoms with Crippen molar-refractivity contribution in [1.29, 1.82) is 0 Å². The Balaban J connectivity index is 2.63. The molecule has 0 amide bonds. The van der Waals surface area contributed by atoms with Gasteiger partial charge in [0.05, 0.1) is 6.54 Å². The lowest BCUT2D eigenvalue weighted by atomic mass is 10.1. The maximum absolute atomic E-state index is 4.65. The molecule has 0 spiro atoms. The second-order valence-corrected chi connectivity index (χ2v) is 5.33. The van der Waals surface area contributed by atoms with Gasteiger partial charge >= 0.3 is 0 Å². The monoisotopic (exact) mass is 239 g/mol. The fourth-order valence-electron chi connectivity index (χ4n) is 1.56. The van der Waals surface area contributed by atoms with Crippen LogP contribution in [-0.4, -0.2) is 50.5 Å². The van der Waals surface area contributed by atoms with Gasteiger partial charge in [0.15, 0.2) is 5.96 Å². The zero-order chi connectivity index (χ0) is 12.1. The van der Waals surface area contributed by atoms with Gasteiger partial charge in [-0.3, -0.25) is 4.99 Å². The van der Waals surface area contributed by atoms with Gasteiger partial charge < -0.3 is 9.80 Å². The molecule has 0 saturated heterocycles. The summed E-state index contributed by atoms with van der Waals surface area (Å²) in [7, 11) is 8.09. The van der Waals surface area contributed by atoms with Gasteiger partial charge in [-0.15, -0.1) is 11.3 Å². The Morgan fingerprint density at radius 1 is 1.31 bits per heavy atom. The summed E-state index contributed by atoms with van der Waals surface area (Å²) in [6, 6.07) is 4.27. The molecule has 0 N–H and O–H groups in total. The molecule has 0 fully saturated rings. The van der Waals surface area contributed by atoms with Crippen LogP contribution in [0, 0.1) is 0 Å². The van der Waals surface area contributed by atoms with E-state index in [0.717, 1.165) is 12.5 Å². The lowest BCUT2D eigenvalue weighted by Crippen LogP contribution is -2.35. The van der Waals surface area contributed by atoms with Crippen molar-refractivity contribution in [1.82, 2.24) is 9.80 Å². The Bertz CT molecular complexity index is 318. The number of nitrogens with zero attached hydrogens (tertiary/aromatic N) is 3. The average Bonchev–Trinajstić information content (AvgIpc) is 2.69. The van der Waals surface area contributed by atoms with E-state index in [1.807, 2.05) is 38.0 Å². The Kier molecular flexibility index (Phi) is 4.80. The third-order valence-electron chi connectivity index (χ3n) is 2.34.